The highest BCUT2D eigenvalue weighted by Gasteiger charge is 2.21. The van der Waals surface area contributed by atoms with Crippen LogP contribution in [0.25, 0.3) is 11.3 Å². The van der Waals surface area contributed by atoms with E-state index in [-0.39, 0.29) is 0 Å². The van der Waals surface area contributed by atoms with Gasteiger partial charge in [-0.05, 0) is 31.9 Å². The first-order valence-electron chi connectivity index (χ1n) is 6.39. The Kier molecular flexibility index (Phi) is 3.11. The fourth-order valence-electron chi connectivity index (χ4n) is 2.49. The first kappa shape index (κ1) is 11.4. The number of rotatable bonds is 2. The van der Waals surface area contributed by atoms with Crippen molar-refractivity contribution in [2.45, 2.75) is 25.7 Å². The van der Waals surface area contributed by atoms with Crippen molar-refractivity contribution < 1.29 is 4.74 Å². The highest BCUT2D eigenvalue weighted by molar-refractivity contribution is 5.61. The number of pyridine rings is 1. The molecule has 0 saturated carbocycles. The molecule has 1 aliphatic heterocycles. The smallest absolute Gasteiger partial charge is 0.0739 e. The predicted molar refractivity (Wildman–Crippen MR) is 69.3 cm³/mol. The molecule has 0 atom stereocenters. The zero-order valence-corrected chi connectivity index (χ0v) is 10.5. The molecule has 2 aromatic rings. The van der Waals surface area contributed by atoms with Gasteiger partial charge in [0.25, 0.3) is 0 Å². The van der Waals surface area contributed by atoms with Gasteiger partial charge in [0.1, 0.15) is 0 Å². The van der Waals surface area contributed by atoms with Crippen LogP contribution in [0.3, 0.4) is 0 Å². The predicted octanol–water partition coefficient (Wildman–Crippen LogP) is 2.67. The van der Waals surface area contributed by atoms with Crippen LogP contribution in [0.5, 0.6) is 0 Å². The van der Waals surface area contributed by atoms with Gasteiger partial charge in [0.15, 0.2) is 0 Å². The van der Waals surface area contributed by atoms with Gasteiger partial charge in [-0.15, -0.1) is 0 Å². The van der Waals surface area contributed by atoms with E-state index in [1.165, 1.54) is 5.69 Å². The SMILES string of the molecule is Cc1cccc(-c2cn[nH]c2C2CCOCC2)n1. The summed E-state index contributed by atoms with van der Waals surface area (Å²) in [6.45, 7) is 3.69. The molecule has 3 heterocycles. The Balaban J connectivity index is 1.95. The van der Waals surface area contributed by atoms with Crippen LogP contribution in [-0.2, 0) is 4.74 Å². The summed E-state index contributed by atoms with van der Waals surface area (Å²) >= 11 is 0. The Morgan fingerprint density at radius 1 is 1.28 bits per heavy atom. The lowest BCUT2D eigenvalue weighted by Gasteiger charge is -2.21. The maximum absolute atomic E-state index is 5.41. The number of aromatic amines is 1. The number of H-pyrrole nitrogens is 1. The monoisotopic (exact) mass is 243 g/mol. The average Bonchev–Trinajstić information content (AvgIpc) is 2.89. The van der Waals surface area contributed by atoms with Gasteiger partial charge in [-0.1, -0.05) is 6.07 Å². The zero-order valence-electron chi connectivity index (χ0n) is 10.5. The number of hydrogen-bond acceptors (Lipinski definition) is 3. The molecule has 2 aromatic heterocycles. The van der Waals surface area contributed by atoms with Crippen LogP contribution in [0.2, 0.25) is 0 Å². The lowest BCUT2D eigenvalue weighted by Crippen LogP contribution is -2.15. The molecule has 4 heteroatoms. The van der Waals surface area contributed by atoms with Crippen LogP contribution >= 0.6 is 0 Å². The number of hydrogen-bond donors (Lipinski definition) is 1. The molecule has 1 saturated heterocycles. The third kappa shape index (κ3) is 2.16. The molecular formula is C14H17N3O. The molecule has 0 bridgehead atoms. The molecule has 0 radical (unpaired) electrons. The molecule has 0 spiro atoms. The molecule has 4 nitrogen and oxygen atoms in total. The molecule has 0 unspecified atom stereocenters. The first-order valence-corrected chi connectivity index (χ1v) is 6.39. The van der Waals surface area contributed by atoms with Crippen molar-refractivity contribution in [1.29, 1.82) is 0 Å². The molecule has 1 fully saturated rings. The Labute approximate surface area is 106 Å². The molecular weight excluding hydrogens is 226 g/mol. The van der Waals surface area contributed by atoms with E-state index in [4.69, 9.17) is 4.74 Å². The van der Waals surface area contributed by atoms with Crippen molar-refractivity contribution in [3.63, 3.8) is 0 Å². The summed E-state index contributed by atoms with van der Waals surface area (Å²) in [7, 11) is 0. The molecule has 0 aromatic carbocycles. The van der Waals surface area contributed by atoms with E-state index in [9.17, 15) is 0 Å². The summed E-state index contributed by atoms with van der Waals surface area (Å²) < 4.78 is 5.41. The van der Waals surface area contributed by atoms with Crippen LogP contribution in [-0.4, -0.2) is 28.4 Å². The Morgan fingerprint density at radius 2 is 2.11 bits per heavy atom. The molecule has 0 amide bonds. The number of ether oxygens (including phenoxy) is 1. The number of nitrogens with zero attached hydrogens (tertiary/aromatic N) is 2. The van der Waals surface area contributed by atoms with E-state index < -0.39 is 0 Å². The summed E-state index contributed by atoms with van der Waals surface area (Å²) in [4.78, 5) is 4.58. The van der Waals surface area contributed by atoms with Gasteiger partial charge in [0.2, 0.25) is 0 Å². The zero-order chi connectivity index (χ0) is 12.4. The van der Waals surface area contributed by atoms with E-state index in [0.717, 1.165) is 43.0 Å². The summed E-state index contributed by atoms with van der Waals surface area (Å²) in [5.74, 6) is 0.513. The van der Waals surface area contributed by atoms with Gasteiger partial charge in [0.05, 0.1) is 11.9 Å². The quantitative estimate of drug-likeness (QED) is 0.882. The largest absolute Gasteiger partial charge is 0.381 e. The summed E-state index contributed by atoms with van der Waals surface area (Å²) in [5, 5.41) is 7.35. The van der Waals surface area contributed by atoms with Gasteiger partial charge in [0, 0.05) is 36.1 Å². The summed E-state index contributed by atoms with van der Waals surface area (Å²) in [6, 6.07) is 6.09. The fraction of sp³-hybridized carbons (Fsp3) is 0.429. The first-order chi connectivity index (χ1) is 8.84. The lowest BCUT2D eigenvalue weighted by molar-refractivity contribution is 0.0846. The number of nitrogens with one attached hydrogen (secondary N) is 1. The highest BCUT2D eigenvalue weighted by atomic mass is 16.5. The van der Waals surface area contributed by atoms with Gasteiger partial charge in [-0.3, -0.25) is 10.1 Å². The second-order valence-corrected chi connectivity index (χ2v) is 4.75. The van der Waals surface area contributed by atoms with Gasteiger partial charge in [-0.25, -0.2) is 0 Å². The third-order valence-corrected chi connectivity index (χ3v) is 3.46. The van der Waals surface area contributed by atoms with Crippen LogP contribution in [0.15, 0.2) is 24.4 Å². The molecule has 94 valence electrons. The second-order valence-electron chi connectivity index (χ2n) is 4.75. The topological polar surface area (TPSA) is 50.8 Å². The van der Waals surface area contributed by atoms with Crippen molar-refractivity contribution >= 4 is 0 Å². The van der Waals surface area contributed by atoms with Crippen molar-refractivity contribution in [3.8, 4) is 11.3 Å². The maximum Gasteiger partial charge on any atom is 0.0739 e. The minimum atomic E-state index is 0.513. The molecule has 1 aliphatic rings. The lowest BCUT2D eigenvalue weighted by atomic mass is 9.93. The van der Waals surface area contributed by atoms with Gasteiger partial charge >= 0.3 is 0 Å². The Hall–Kier alpha value is -1.68. The van der Waals surface area contributed by atoms with E-state index >= 15 is 0 Å². The molecule has 0 aliphatic carbocycles. The van der Waals surface area contributed by atoms with E-state index in [2.05, 4.69) is 15.2 Å². The van der Waals surface area contributed by atoms with Crippen molar-refractivity contribution in [3.05, 3.63) is 35.8 Å². The van der Waals surface area contributed by atoms with Crippen molar-refractivity contribution in [2.24, 2.45) is 0 Å². The molecule has 3 rings (SSSR count). The number of aromatic nitrogens is 3. The second kappa shape index (κ2) is 4.90. The summed E-state index contributed by atoms with van der Waals surface area (Å²) in [5.41, 5.74) is 4.37. The molecule has 1 N–H and O–H groups in total. The fourth-order valence-corrected chi connectivity index (χ4v) is 2.49. The number of aryl methyl sites for hydroxylation is 1. The third-order valence-electron chi connectivity index (χ3n) is 3.46. The highest BCUT2D eigenvalue weighted by Crippen LogP contribution is 2.32. The van der Waals surface area contributed by atoms with Crippen molar-refractivity contribution in [2.75, 3.05) is 13.2 Å². The van der Waals surface area contributed by atoms with Crippen LogP contribution in [0.4, 0.5) is 0 Å². The summed E-state index contributed by atoms with van der Waals surface area (Å²) in [6.07, 6.45) is 3.99. The van der Waals surface area contributed by atoms with E-state index in [1.807, 2.05) is 31.3 Å². The standard InChI is InChI=1S/C14H17N3O/c1-10-3-2-4-13(16-10)12-9-15-17-14(12)11-5-7-18-8-6-11/h2-4,9,11H,5-8H2,1H3,(H,15,17). The van der Waals surface area contributed by atoms with Gasteiger partial charge in [-0.2, -0.15) is 5.10 Å². The van der Waals surface area contributed by atoms with Crippen LogP contribution in [0.1, 0.15) is 30.1 Å². The van der Waals surface area contributed by atoms with Crippen LogP contribution in [0, 0.1) is 6.92 Å². The maximum atomic E-state index is 5.41. The minimum absolute atomic E-state index is 0.513. The van der Waals surface area contributed by atoms with Crippen LogP contribution < -0.4 is 0 Å². The Morgan fingerprint density at radius 3 is 2.89 bits per heavy atom. The average molecular weight is 243 g/mol. The molecule has 18 heavy (non-hydrogen) atoms. The van der Waals surface area contributed by atoms with E-state index in [0.29, 0.717) is 5.92 Å². The normalized spacial score (nSPS) is 16.9. The van der Waals surface area contributed by atoms with Crippen molar-refractivity contribution in [1.82, 2.24) is 15.2 Å². The van der Waals surface area contributed by atoms with Gasteiger partial charge < -0.3 is 4.74 Å². The minimum Gasteiger partial charge on any atom is -0.381 e. The Bertz CT molecular complexity index is 529. The van der Waals surface area contributed by atoms with E-state index in [1.54, 1.807) is 0 Å².